The monoisotopic (exact) mass is 353 g/mol. The van der Waals surface area contributed by atoms with Crippen molar-refractivity contribution in [1.82, 2.24) is 4.90 Å². The third-order valence-corrected chi connectivity index (χ3v) is 4.95. The molecule has 0 aromatic rings. The highest BCUT2D eigenvalue weighted by molar-refractivity contribution is 6.53. The second-order valence-electron chi connectivity index (χ2n) is 7.44. The van der Waals surface area contributed by atoms with E-state index in [4.69, 9.17) is 9.31 Å². The van der Waals surface area contributed by atoms with Gasteiger partial charge >= 0.3 is 13.3 Å². The number of nitrogens with zero attached hydrogens (tertiary/aromatic N) is 1. The Labute approximate surface area is 139 Å². The summed E-state index contributed by atoms with van der Waals surface area (Å²) >= 11 is 0. The van der Waals surface area contributed by atoms with Crippen LogP contribution < -0.4 is 0 Å². The summed E-state index contributed by atoms with van der Waals surface area (Å²) in [6.07, 6.45) is -4.41. The highest BCUT2D eigenvalue weighted by Gasteiger charge is 2.55. The minimum absolute atomic E-state index is 0.0935. The number of likely N-dealkylation sites (tertiary alicyclic amines) is 1. The summed E-state index contributed by atoms with van der Waals surface area (Å²) in [6, 6.07) is 0. The Kier molecular flexibility index (Phi) is 5.40. The average molecular weight is 353 g/mol. The van der Waals surface area contributed by atoms with E-state index in [0.717, 1.165) is 0 Å². The second kappa shape index (κ2) is 6.59. The number of hydrogen-bond donors (Lipinski definition) is 1. The van der Waals surface area contributed by atoms with Crippen LogP contribution in [0.25, 0.3) is 0 Å². The lowest BCUT2D eigenvalue weighted by Crippen LogP contribution is -2.41. The fourth-order valence-electron chi connectivity index (χ4n) is 2.79. The molecule has 2 fully saturated rings. The van der Waals surface area contributed by atoms with Crippen LogP contribution in [0.2, 0.25) is 0 Å². The van der Waals surface area contributed by atoms with Crippen molar-refractivity contribution in [2.45, 2.75) is 64.0 Å². The number of hydrogen-bond acceptors (Lipinski definition) is 4. The zero-order valence-electron chi connectivity index (χ0n) is 14.4. The van der Waals surface area contributed by atoms with E-state index in [9.17, 15) is 22.7 Å². The maximum atomic E-state index is 14.6. The van der Waals surface area contributed by atoms with Crippen molar-refractivity contribution in [3.8, 4) is 0 Å². The number of halogens is 4. The molecule has 0 saturated carbocycles. The van der Waals surface area contributed by atoms with E-state index in [2.05, 4.69) is 0 Å². The van der Waals surface area contributed by atoms with Gasteiger partial charge in [-0.3, -0.25) is 4.90 Å². The van der Waals surface area contributed by atoms with Crippen molar-refractivity contribution in [3.63, 3.8) is 0 Å². The summed E-state index contributed by atoms with van der Waals surface area (Å²) in [4.78, 5) is 1.40. The molecule has 1 atom stereocenters. The molecule has 0 aromatic carbocycles. The average Bonchev–Trinajstić information content (AvgIpc) is 2.63. The molecule has 24 heavy (non-hydrogen) atoms. The van der Waals surface area contributed by atoms with Gasteiger partial charge in [-0.2, -0.15) is 13.2 Å². The molecule has 2 aliphatic rings. The van der Waals surface area contributed by atoms with Crippen LogP contribution >= 0.6 is 0 Å². The molecule has 0 bridgehead atoms. The van der Waals surface area contributed by atoms with Crippen molar-refractivity contribution in [2.75, 3.05) is 19.6 Å². The van der Waals surface area contributed by atoms with Crippen LogP contribution in [-0.2, 0) is 9.31 Å². The lowest BCUT2D eigenvalue weighted by atomic mass is 9.84. The Bertz CT molecular complexity index is 491. The first-order valence-corrected chi connectivity index (χ1v) is 8.05. The predicted octanol–water partition coefficient (Wildman–Crippen LogP) is 2.86. The van der Waals surface area contributed by atoms with Gasteiger partial charge in [0.25, 0.3) is 0 Å². The fraction of sp³-hybridized carbons (Fsp3) is 0.867. The van der Waals surface area contributed by atoms with Crippen molar-refractivity contribution < 1.29 is 32.0 Å². The van der Waals surface area contributed by atoms with Crippen LogP contribution in [-0.4, -0.2) is 60.2 Å². The van der Waals surface area contributed by atoms with Crippen LogP contribution in [0.5, 0.6) is 0 Å². The molecular formula is C15H24BF4NO3. The molecule has 4 nitrogen and oxygen atoms in total. The zero-order valence-corrected chi connectivity index (χ0v) is 14.4. The van der Waals surface area contributed by atoms with Crippen molar-refractivity contribution in [1.29, 1.82) is 0 Å². The molecule has 9 heteroatoms. The number of alkyl halides is 3. The van der Waals surface area contributed by atoms with Gasteiger partial charge in [0.1, 0.15) is 5.73 Å². The van der Waals surface area contributed by atoms with E-state index in [1.165, 1.54) is 4.90 Å². The predicted molar refractivity (Wildman–Crippen MR) is 82.0 cm³/mol. The smallest absolute Gasteiger partial charge is 0.398 e. The largest absolute Gasteiger partial charge is 0.525 e. The summed E-state index contributed by atoms with van der Waals surface area (Å²) < 4.78 is 65.5. The molecule has 0 aliphatic carbocycles. The van der Waals surface area contributed by atoms with E-state index >= 15 is 0 Å². The van der Waals surface area contributed by atoms with E-state index < -0.39 is 48.4 Å². The van der Waals surface area contributed by atoms with Crippen LogP contribution in [0, 0.1) is 0 Å². The SMILES string of the molecule is CC1(C)OB(C(F)=C(CN2CCCC(O)C2)C(F)(F)F)OC1(C)C. The first kappa shape index (κ1) is 19.7. The van der Waals surface area contributed by atoms with Gasteiger partial charge < -0.3 is 14.4 Å². The van der Waals surface area contributed by atoms with Gasteiger partial charge in [0.2, 0.25) is 0 Å². The van der Waals surface area contributed by atoms with Gasteiger partial charge in [0, 0.05) is 13.1 Å². The topological polar surface area (TPSA) is 41.9 Å². The van der Waals surface area contributed by atoms with Gasteiger partial charge in [0.05, 0.1) is 22.9 Å². The highest BCUT2D eigenvalue weighted by Crippen LogP contribution is 2.41. The molecular weight excluding hydrogens is 329 g/mol. The van der Waals surface area contributed by atoms with Gasteiger partial charge in [-0.05, 0) is 47.1 Å². The van der Waals surface area contributed by atoms with Crippen molar-refractivity contribution >= 4 is 7.12 Å². The van der Waals surface area contributed by atoms with Crippen molar-refractivity contribution in [2.24, 2.45) is 0 Å². The number of piperidine rings is 1. The molecule has 0 radical (unpaired) electrons. The lowest BCUT2D eigenvalue weighted by Gasteiger charge is -2.32. The van der Waals surface area contributed by atoms with Crippen LogP contribution in [0.4, 0.5) is 17.6 Å². The Morgan fingerprint density at radius 1 is 1.21 bits per heavy atom. The Morgan fingerprint density at radius 3 is 2.21 bits per heavy atom. The Balaban J connectivity index is 2.25. The third-order valence-electron chi connectivity index (χ3n) is 4.95. The molecule has 2 aliphatic heterocycles. The van der Waals surface area contributed by atoms with Crippen LogP contribution in [0.1, 0.15) is 40.5 Å². The number of aliphatic hydroxyl groups excluding tert-OH is 1. The maximum Gasteiger partial charge on any atom is 0.525 e. The fourth-order valence-corrected chi connectivity index (χ4v) is 2.79. The Hall–Kier alpha value is -0.635. The first-order chi connectivity index (χ1) is 10.8. The van der Waals surface area contributed by atoms with Crippen molar-refractivity contribution in [3.05, 3.63) is 11.3 Å². The quantitative estimate of drug-likeness (QED) is 0.626. The molecule has 1 unspecified atom stereocenters. The van der Waals surface area contributed by atoms with Gasteiger partial charge in [-0.25, -0.2) is 4.39 Å². The summed E-state index contributed by atoms with van der Waals surface area (Å²) in [5, 5.41) is 9.60. The molecule has 138 valence electrons. The summed E-state index contributed by atoms with van der Waals surface area (Å²) in [5.41, 5.74) is -4.60. The van der Waals surface area contributed by atoms with Gasteiger partial charge in [-0.15, -0.1) is 0 Å². The first-order valence-electron chi connectivity index (χ1n) is 8.05. The van der Waals surface area contributed by atoms with E-state index in [-0.39, 0.29) is 6.54 Å². The number of β-amino-alcohol motifs (C(OH)–C–C–N with tert-alkyl or cyclic N) is 1. The molecule has 0 spiro atoms. The van der Waals surface area contributed by atoms with E-state index in [0.29, 0.717) is 19.4 Å². The second-order valence-corrected chi connectivity index (χ2v) is 7.44. The standard InChI is InChI=1S/C15H24BF4NO3/c1-13(2)14(3,4)24-16(23-13)12(17)11(15(18,19)20)9-21-7-5-6-10(22)8-21/h10,22H,5-9H2,1-4H3. The summed E-state index contributed by atoms with van der Waals surface area (Å²) in [7, 11) is -1.68. The summed E-state index contributed by atoms with van der Waals surface area (Å²) in [5.74, 6) is 0. The zero-order chi connectivity index (χ0) is 18.3. The highest BCUT2D eigenvalue weighted by atomic mass is 19.4. The summed E-state index contributed by atoms with van der Waals surface area (Å²) in [6.45, 7) is 6.44. The normalized spacial score (nSPS) is 28.9. The van der Waals surface area contributed by atoms with E-state index in [1.54, 1.807) is 27.7 Å². The molecule has 2 rings (SSSR count). The molecule has 2 saturated heterocycles. The maximum absolute atomic E-state index is 14.6. The molecule has 0 aromatic heterocycles. The molecule has 1 N–H and O–H groups in total. The van der Waals surface area contributed by atoms with Crippen LogP contribution in [0.15, 0.2) is 11.3 Å². The van der Waals surface area contributed by atoms with Gasteiger partial charge in [-0.1, -0.05) is 0 Å². The minimum Gasteiger partial charge on any atom is -0.398 e. The number of rotatable bonds is 3. The van der Waals surface area contributed by atoms with Gasteiger partial charge in [0.15, 0.2) is 0 Å². The minimum atomic E-state index is -4.84. The number of aliphatic hydroxyl groups is 1. The lowest BCUT2D eigenvalue weighted by molar-refractivity contribution is -0.0987. The van der Waals surface area contributed by atoms with E-state index in [1.807, 2.05) is 0 Å². The van der Waals surface area contributed by atoms with Crippen LogP contribution in [0.3, 0.4) is 0 Å². The molecule has 0 amide bonds. The Morgan fingerprint density at radius 2 is 1.75 bits per heavy atom. The third kappa shape index (κ3) is 4.12. The molecule has 2 heterocycles.